The molecule has 3 rings (SSSR count). The van der Waals surface area contributed by atoms with E-state index >= 15 is 0 Å². The van der Waals surface area contributed by atoms with Crippen LogP contribution in [0.15, 0.2) is 53.3 Å². The number of nitrogens with zero attached hydrogens (tertiary/aromatic N) is 3. The summed E-state index contributed by atoms with van der Waals surface area (Å²) in [7, 11) is 1.61. The molecule has 0 atom stereocenters. The Kier molecular flexibility index (Phi) is 4.21. The van der Waals surface area contributed by atoms with E-state index in [1.807, 2.05) is 43.3 Å². The minimum absolute atomic E-state index is 0.178. The zero-order valence-electron chi connectivity index (χ0n) is 12.9. The number of aryl methyl sites for hydroxylation is 1. The summed E-state index contributed by atoms with van der Waals surface area (Å²) in [6, 6.07) is 14.7. The lowest BCUT2D eigenvalue weighted by Crippen LogP contribution is -2.24. The van der Waals surface area contributed by atoms with E-state index in [1.165, 1.54) is 4.68 Å². The quantitative estimate of drug-likeness (QED) is 0.739. The fourth-order valence-corrected chi connectivity index (χ4v) is 2.54. The molecule has 118 valence electrons. The van der Waals surface area contributed by atoms with Crippen molar-refractivity contribution in [1.29, 1.82) is 0 Å². The monoisotopic (exact) mass is 329 g/mol. The minimum Gasteiger partial charge on any atom is -0.497 e. The Morgan fingerprint density at radius 2 is 1.74 bits per heavy atom. The molecule has 0 radical (unpaired) electrons. The Bertz CT molecular complexity index is 864. The average molecular weight is 330 g/mol. The van der Waals surface area contributed by atoms with E-state index in [-0.39, 0.29) is 5.69 Å². The lowest BCUT2D eigenvalue weighted by molar-refractivity contribution is 0.414. The van der Waals surface area contributed by atoms with Gasteiger partial charge in [0.25, 0.3) is 0 Å². The molecule has 0 aliphatic carbocycles. The van der Waals surface area contributed by atoms with Gasteiger partial charge in [0.1, 0.15) is 11.6 Å². The fraction of sp³-hybridized carbons (Fsp3) is 0.176. The molecule has 23 heavy (non-hydrogen) atoms. The molecule has 0 saturated carbocycles. The second-order valence-electron chi connectivity index (χ2n) is 5.15. The van der Waals surface area contributed by atoms with Gasteiger partial charge in [-0.1, -0.05) is 23.7 Å². The van der Waals surface area contributed by atoms with Crippen LogP contribution in [0.5, 0.6) is 5.75 Å². The lowest BCUT2D eigenvalue weighted by atomic mass is 10.2. The van der Waals surface area contributed by atoms with Crippen molar-refractivity contribution in [3.8, 4) is 11.4 Å². The second kappa shape index (κ2) is 6.30. The summed E-state index contributed by atoms with van der Waals surface area (Å²) in [5, 5.41) is 5.02. The van der Waals surface area contributed by atoms with E-state index in [9.17, 15) is 4.79 Å². The van der Waals surface area contributed by atoms with Gasteiger partial charge in [-0.15, -0.1) is 0 Å². The fourth-order valence-electron chi connectivity index (χ4n) is 2.41. The second-order valence-corrected chi connectivity index (χ2v) is 5.58. The maximum absolute atomic E-state index is 12.6. The lowest BCUT2D eigenvalue weighted by Gasteiger charge is -2.04. The number of halogens is 1. The molecule has 0 aliphatic heterocycles. The predicted molar refractivity (Wildman–Crippen MR) is 89.7 cm³/mol. The number of benzene rings is 2. The van der Waals surface area contributed by atoms with Crippen molar-refractivity contribution >= 4 is 11.6 Å². The summed E-state index contributed by atoms with van der Waals surface area (Å²) in [5.74, 6) is 1.38. The summed E-state index contributed by atoms with van der Waals surface area (Å²) >= 11 is 5.88. The molecule has 0 unspecified atom stereocenters. The van der Waals surface area contributed by atoms with Crippen LogP contribution in [-0.2, 0) is 6.54 Å². The molecule has 5 nitrogen and oxygen atoms in total. The summed E-state index contributed by atoms with van der Waals surface area (Å²) in [4.78, 5) is 12.6. The predicted octanol–water partition coefficient (Wildman–Crippen LogP) is 3.05. The van der Waals surface area contributed by atoms with Gasteiger partial charge < -0.3 is 4.74 Å². The SMILES string of the molecule is COc1ccc(-n2c(C)nn(Cc3ccc(Cl)cc3)c2=O)cc1. The van der Waals surface area contributed by atoms with Crippen molar-refractivity contribution in [2.45, 2.75) is 13.5 Å². The van der Waals surface area contributed by atoms with Crippen LogP contribution in [0.2, 0.25) is 5.02 Å². The summed E-state index contributed by atoms with van der Waals surface area (Å²) < 4.78 is 8.17. The molecule has 1 aromatic heterocycles. The van der Waals surface area contributed by atoms with E-state index in [0.717, 1.165) is 17.0 Å². The summed E-state index contributed by atoms with van der Waals surface area (Å²) in [6.07, 6.45) is 0. The molecule has 6 heteroatoms. The molecule has 3 aromatic rings. The van der Waals surface area contributed by atoms with Crippen LogP contribution in [0.3, 0.4) is 0 Å². The van der Waals surface area contributed by atoms with Gasteiger partial charge in [0.2, 0.25) is 0 Å². The summed E-state index contributed by atoms with van der Waals surface area (Å²) in [6.45, 7) is 2.21. The molecule has 0 amide bonds. The molecule has 0 saturated heterocycles. The first-order valence-electron chi connectivity index (χ1n) is 7.14. The maximum atomic E-state index is 12.6. The highest BCUT2D eigenvalue weighted by Gasteiger charge is 2.12. The van der Waals surface area contributed by atoms with Crippen molar-refractivity contribution in [3.05, 3.63) is 75.4 Å². The molecular formula is C17H16ClN3O2. The number of methoxy groups -OCH3 is 1. The number of hydrogen-bond acceptors (Lipinski definition) is 3. The van der Waals surface area contributed by atoms with Crippen LogP contribution in [-0.4, -0.2) is 21.5 Å². The molecule has 0 bridgehead atoms. The average Bonchev–Trinajstić information content (AvgIpc) is 2.84. The van der Waals surface area contributed by atoms with Gasteiger partial charge in [-0.25, -0.2) is 14.0 Å². The van der Waals surface area contributed by atoms with E-state index in [0.29, 0.717) is 17.4 Å². The van der Waals surface area contributed by atoms with Crippen molar-refractivity contribution in [1.82, 2.24) is 14.3 Å². The number of aromatic nitrogens is 3. The Morgan fingerprint density at radius 3 is 2.35 bits per heavy atom. The third-order valence-corrected chi connectivity index (χ3v) is 3.83. The Morgan fingerprint density at radius 1 is 1.09 bits per heavy atom. The van der Waals surface area contributed by atoms with Crippen molar-refractivity contribution < 1.29 is 4.74 Å². The first-order valence-corrected chi connectivity index (χ1v) is 7.51. The molecule has 0 spiro atoms. The minimum atomic E-state index is -0.178. The molecule has 0 aliphatic rings. The van der Waals surface area contributed by atoms with E-state index < -0.39 is 0 Å². The van der Waals surface area contributed by atoms with Crippen molar-refractivity contribution in [2.75, 3.05) is 7.11 Å². The van der Waals surface area contributed by atoms with Crippen molar-refractivity contribution in [2.24, 2.45) is 0 Å². The van der Waals surface area contributed by atoms with Crippen LogP contribution >= 0.6 is 11.6 Å². The number of hydrogen-bond donors (Lipinski definition) is 0. The van der Waals surface area contributed by atoms with E-state index in [1.54, 1.807) is 23.8 Å². The van der Waals surface area contributed by atoms with Crippen molar-refractivity contribution in [3.63, 3.8) is 0 Å². The van der Waals surface area contributed by atoms with Crippen LogP contribution in [0.4, 0.5) is 0 Å². The van der Waals surface area contributed by atoms with Gasteiger partial charge in [-0.3, -0.25) is 0 Å². The van der Waals surface area contributed by atoms with Gasteiger partial charge in [-0.2, -0.15) is 5.10 Å². The van der Waals surface area contributed by atoms with Crippen LogP contribution in [0.25, 0.3) is 5.69 Å². The number of ether oxygens (including phenoxy) is 1. The van der Waals surface area contributed by atoms with Gasteiger partial charge in [0.15, 0.2) is 0 Å². The zero-order valence-corrected chi connectivity index (χ0v) is 13.6. The Balaban J connectivity index is 1.95. The van der Waals surface area contributed by atoms with Crippen LogP contribution in [0, 0.1) is 6.92 Å². The topological polar surface area (TPSA) is 49.0 Å². The molecule has 2 aromatic carbocycles. The highest BCUT2D eigenvalue weighted by atomic mass is 35.5. The number of rotatable bonds is 4. The largest absolute Gasteiger partial charge is 0.497 e. The summed E-state index contributed by atoms with van der Waals surface area (Å²) in [5.41, 5.74) is 1.55. The van der Waals surface area contributed by atoms with Gasteiger partial charge in [-0.05, 0) is 48.9 Å². The molecule has 1 heterocycles. The first kappa shape index (κ1) is 15.4. The zero-order chi connectivity index (χ0) is 16.4. The normalized spacial score (nSPS) is 10.7. The Hall–Kier alpha value is -2.53. The maximum Gasteiger partial charge on any atom is 0.350 e. The smallest absolute Gasteiger partial charge is 0.350 e. The molecule has 0 fully saturated rings. The molecule has 0 N–H and O–H groups in total. The van der Waals surface area contributed by atoms with Gasteiger partial charge in [0.05, 0.1) is 19.3 Å². The van der Waals surface area contributed by atoms with E-state index in [4.69, 9.17) is 16.3 Å². The third-order valence-electron chi connectivity index (χ3n) is 3.58. The standard InChI is InChI=1S/C17H16ClN3O2/c1-12-19-20(11-13-3-5-14(18)6-4-13)17(22)21(12)15-7-9-16(23-2)10-8-15/h3-10H,11H2,1-2H3. The van der Waals surface area contributed by atoms with Gasteiger partial charge in [0, 0.05) is 5.02 Å². The highest BCUT2D eigenvalue weighted by molar-refractivity contribution is 6.30. The molecular weight excluding hydrogens is 314 g/mol. The first-order chi connectivity index (χ1) is 11.1. The highest BCUT2D eigenvalue weighted by Crippen LogP contribution is 2.15. The van der Waals surface area contributed by atoms with Crippen LogP contribution in [0.1, 0.15) is 11.4 Å². The Labute approximate surface area is 138 Å². The third kappa shape index (κ3) is 3.14. The van der Waals surface area contributed by atoms with E-state index in [2.05, 4.69) is 5.10 Å². The van der Waals surface area contributed by atoms with Crippen LogP contribution < -0.4 is 10.4 Å². The van der Waals surface area contributed by atoms with Gasteiger partial charge >= 0.3 is 5.69 Å².